The van der Waals surface area contributed by atoms with Gasteiger partial charge in [0.25, 0.3) is 0 Å². The summed E-state index contributed by atoms with van der Waals surface area (Å²) in [5, 5.41) is 1.30. The summed E-state index contributed by atoms with van der Waals surface area (Å²) in [6.07, 6.45) is 1.92. The van der Waals surface area contributed by atoms with Gasteiger partial charge in [-0.25, -0.2) is 0 Å². The highest BCUT2D eigenvalue weighted by molar-refractivity contribution is 6.35. The topological polar surface area (TPSA) is 17.1 Å². The summed E-state index contributed by atoms with van der Waals surface area (Å²) in [7, 11) is 0. The molecule has 0 aliphatic heterocycles. The van der Waals surface area contributed by atoms with Gasteiger partial charge < -0.3 is 4.79 Å². The third kappa shape index (κ3) is 1.72. The highest BCUT2D eigenvalue weighted by Gasteiger charge is 2.39. The second kappa shape index (κ2) is 3.32. The van der Waals surface area contributed by atoms with Crippen LogP contribution in [0.5, 0.6) is 0 Å². The van der Waals surface area contributed by atoms with Gasteiger partial charge in [0, 0.05) is 16.0 Å². The van der Waals surface area contributed by atoms with Crippen LogP contribution in [0.3, 0.4) is 0 Å². The zero-order chi connectivity index (χ0) is 9.42. The predicted octanol–water partition coefficient (Wildman–Crippen LogP) is 3.30. The molecule has 0 saturated heterocycles. The van der Waals surface area contributed by atoms with Crippen molar-refractivity contribution in [3.8, 4) is 0 Å². The molecule has 13 heavy (non-hydrogen) atoms. The third-order valence-electron chi connectivity index (χ3n) is 2.38. The second-order valence-electron chi connectivity index (χ2n) is 3.31. The van der Waals surface area contributed by atoms with Crippen molar-refractivity contribution < 1.29 is 4.79 Å². The standard InChI is InChI=1S/C10H8Cl2O/c11-7-1-2-8(10(12)4-7)9-3-6(9)5-13/h1-2,4-6,9H,3H2/t6-,9-/m0/s1. The predicted molar refractivity (Wildman–Crippen MR) is 53.4 cm³/mol. The Labute approximate surface area is 86.7 Å². The molecule has 0 unspecified atom stereocenters. The average Bonchev–Trinajstić information content (AvgIpc) is 2.83. The van der Waals surface area contributed by atoms with E-state index in [0.717, 1.165) is 18.3 Å². The smallest absolute Gasteiger partial charge is 0.123 e. The molecule has 1 aliphatic rings. The zero-order valence-electron chi connectivity index (χ0n) is 6.84. The van der Waals surface area contributed by atoms with E-state index in [1.165, 1.54) is 0 Å². The molecule has 0 radical (unpaired) electrons. The molecule has 2 rings (SSSR count). The van der Waals surface area contributed by atoms with Crippen LogP contribution in [0.2, 0.25) is 10.0 Å². The highest BCUT2D eigenvalue weighted by Crippen LogP contribution is 2.48. The molecule has 0 N–H and O–H groups in total. The van der Waals surface area contributed by atoms with Gasteiger partial charge in [0.2, 0.25) is 0 Å². The molecule has 1 aromatic rings. The lowest BCUT2D eigenvalue weighted by molar-refractivity contribution is -0.108. The van der Waals surface area contributed by atoms with E-state index >= 15 is 0 Å². The quantitative estimate of drug-likeness (QED) is 0.691. The lowest BCUT2D eigenvalue weighted by atomic mass is 10.1. The summed E-state index contributed by atoms with van der Waals surface area (Å²) in [4.78, 5) is 10.5. The van der Waals surface area contributed by atoms with E-state index in [-0.39, 0.29) is 5.92 Å². The number of hydrogen-bond acceptors (Lipinski definition) is 1. The van der Waals surface area contributed by atoms with E-state index < -0.39 is 0 Å². The van der Waals surface area contributed by atoms with Gasteiger partial charge in [-0.2, -0.15) is 0 Å². The molecular formula is C10H8Cl2O. The minimum absolute atomic E-state index is 0.165. The van der Waals surface area contributed by atoms with Gasteiger partial charge in [-0.15, -0.1) is 0 Å². The summed E-state index contributed by atoms with van der Waals surface area (Å²) in [6, 6.07) is 5.43. The number of carbonyl (C=O) groups is 1. The van der Waals surface area contributed by atoms with Gasteiger partial charge in [0.15, 0.2) is 0 Å². The average molecular weight is 215 g/mol. The summed E-state index contributed by atoms with van der Waals surface area (Å²) in [5.74, 6) is 0.487. The molecule has 0 amide bonds. The van der Waals surface area contributed by atoms with Gasteiger partial charge >= 0.3 is 0 Å². The Morgan fingerprint density at radius 1 is 1.38 bits per heavy atom. The van der Waals surface area contributed by atoms with Crippen molar-refractivity contribution in [1.29, 1.82) is 0 Å². The Bertz CT molecular complexity index is 349. The van der Waals surface area contributed by atoms with Crippen LogP contribution in [-0.2, 0) is 4.79 Å². The molecule has 68 valence electrons. The fourth-order valence-electron chi connectivity index (χ4n) is 1.52. The summed E-state index contributed by atoms with van der Waals surface area (Å²) in [6.45, 7) is 0. The van der Waals surface area contributed by atoms with Gasteiger partial charge in [-0.3, -0.25) is 0 Å². The lowest BCUT2D eigenvalue weighted by Gasteiger charge is -2.01. The van der Waals surface area contributed by atoms with Crippen molar-refractivity contribution >= 4 is 29.5 Å². The molecule has 0 spiro atoms. The fraction of sp³-hybridized carbons (Fsp3) is 0.300. The van der Waals surface area contributed by atoms with E-state index in [1.54, 1.807) is 6.07 Å². The Hall–Kier alpha value is -0.530. The van der Waals surface area contributed by atoms with Crippen molar-refractivity contribution in [2.45, 2.75) is 12.3 Å². The van der Waals surface area contributed by atoms with Crippen LogP contribution in [0.1, 0.15) is 17.9 Å². The molecule has 0 heterocycles. The third-order valence-corrected chi connectivity index (χ3v) is 2.94. The maximum absolute atomic E-state index is 10.5. The molecule has 0 aromatic heterocycles. The van der Waals surface area contributed by atoms with Crippen LogP contribution in [0.4, 0.5) is 0 Å². The Morgan fingerprint density at radius 3 is 2.69 bits per heavy atom. The largest absolute Gasteiger partial charge is 0.303 e. The summed E-state index contributed by atoms with van der Waals surface area (Å²) >= 11 is 11.7. The van der Waals surface area contributed by atoms with Crippen molar-refractivity contribution in [3.63, 3.8) is 0 Å². The van der Waals surface area contributed by atoms with Gasteiger partial charge in [-0.05, 0) is 30.0 Å². The highest BCUT2D eigenvalue weighted by atomic mass is 35.5. The first kappa shape index (κ1) is 9.04. The van der Waals surface area contributed by atoms with Crippen LogP contribution in [0.15, 0.2) is 18.2 Å². The van der Waals surface area contributed by atoms with E-state index in [1.807, 2.05) is 12.1 Å². The number of benzene rings is 1. The van der Waals surface area contributed by atoms with Crippen molar-refractivity contribution in [3.05, 3.63) is 33.8 Å². The van der Waals surface area contributed by atoms with Gasteiger partial charge in [-0.1, -0.05) is 29.3 Å². The van der Waals surface area contributed by atoms with Crippen molar-refractivity contribution in [1.82, 2.24) is 0 Å². The monoisotopic (exact) mass is 214 g/mol. The number of carbonyl (C=O) groups excluding carboxylic acids is 1. The molecule has 1 aromatic carbocycles. The summed E-state index contributed by atoms with van der Waals surface area (Å²) < 4.78 is 0. The molecule has 1 aliphatic carbocycles. The summed E-state index contributed by atoms with van der Waals surface area (Å²) in [5.41, 5.74) is 1.04. The molecule has 2 atom stereocenters. The van der Waals surface area contributed by atoms with E-state index in [9.17, 15) is 4.79 Å². The van der Waals surface area contributed by atoms with E-state index in [4.69, 9.17) is 23.2 Å². The Morgan fingerprint density at radius 2 is 2.15 bits per heavy atom. The van der Waals surface area contributed by atoms with Crippen LogP contribution < -0.4 is 0 Å². The normalized spacial score (nSPS) is 25.7. The Balaban J connectivity index is 2.27. The maximum Gasteiger partial charge on any atom is 0.123 e. The first-order valence-corrected chi connectivity index (χ1v) is 4.88. The molecule has 3 heteroatoms. The number of aldehydes is 1. The Kier molecular flexibility index (Phi) is 2.31. The van der Waals surface area contributed by atoms with Gasteiger partial charge in [0.05, 0.1) is 0 Å². The molecule has 1 nitrogen and oxygen atoms in total. The zero-order valence-corrected chi connectivity index (χ0v) is 8.35. The minimum Gasteiger partial charge on any atom is -0.303 e. The van der Waals surface area contributed by atoms with Crippen LogP contribution in [0.25, 0.3) is 0 Å². The van der Waals surface area contributed by atoms with Crippen LogP contribution in [0, 0.1) is 5.92 Å². The molecule has 1 fully saturated rings. The molecule has 1 saturated carbocycles. The minimum atomic E-state index is 0.165. The number of hydrogen-bond donors (Lipinski definition) is 0. The fourth-order valence-corrected chi connectivity index (χ4v) is 2.07. The first-order chi connectivity index (χ1) is 6.22. The lowest BCUT2D eigenvalue weighted by Crippen LogP contribution is -1.85. The van der Waals surface area contributed by atoms with E-state index in [2.05, 4.69) is 0 Å². The number of rotatable bonds is 2. The SMILES string of the molecule is O=C[C@@H]1C[C@@H]1c1ccc(Cl)cc1Cl. The maximum atomic E-state index is 10.5. The van der Waals surface area contributed by atoms with Crippen molar-refractivity contribution in [2.75, 3.05) is 0 Å². The van der Waals surface area contributed by atoms with E-state index in [0.29, 0.717) is 16.0 Å². The molecular weight excluding hydrogens is 207 g/mol. The number of halogens is 2. The second-order valence-corrected chi connectivity index (χ2v) is 4.15. The first-order valence-electron chi connectivity index (χ1n) is 4.12. The van der Waals surface area contributed by atoms with Crippen LogP contribution >= 0.6 is 23.2 Å². The molecule has 0 bridgehead atoms. The van der Waals surface area contributed by atoms with Gasteiger partial charge in [0.1, 0.15) is 6.29 Å². The van der Waals surface area contributed by atoms with Crippen molar-refractivity contribution in [2.24, 2.45) is 5.92 Å². The van der Waals surface area contributed by atoms with Crippen LogP contribution in [-0.4, -0.2) is 6.29 Å².